The maximum absolute atomic E-state index is 12.9. The van der Waals surface area contributed by atoms with E-state index in [0.717, 1.165) is 68.8 Å². The Bertz CT molecular complexity index is 728. The molecule has 0 bridgehead atoms. The number of hydrogen-bond acceptors (Lipinski definition) is 4. The van der Waals surface area contributed by atoms with Crippen LogP contribution in [0.3, 0.4) is 0 Å². The summed E-state index contributed by atoms with van der Waals surface area (Å²) >= 11 is 0. The highest BCUT2D eigenvalue weighted by Crippen LogP contribution is 2.32. The fourth-order valence-corrected chi connectivity index (χ4v) is 3.37. The molecule has 26 heavy (non-hydrogen) atoms. The first-order valence-corrected chi connectivity index (χ1v) is 8.88. The molecular formula is C19H24F3N3O. The zero-order valence-corrected chi connectivity index (χ0v) is 14.9. The molecule has 1 aliphatic rings. The molecule has 4 nitrogen and oxygen atoms in total. The Balaban J connectivity index is 1.61. The Kier molecular flexibility index (Phi) is 5.98. The molecule has 0 radical (unpaired) electrons. The third kappa shape index (κ3) is 4.65. The predicted octanol–water partition coefficient (Wildman–Crippen LogP) is 4.02. The minimum Gasteiger partial charge on any atom is -0.384 e. The molecule has 1 fully saturated rings. The van der Waals surface area contributed by atoms with Crippen molar-refractivity contribution in [2.45, 2.75) is 19.0 Å². The number of nitrogens with one attached hydrogen (secondary N) is 1. The number of anilines is 1. The quantitative estimate of drug-likeness (QED) is 0.837. The van der Waals surface area contributed by atoms with Gasteiger partial charge in [0, 0.05) is 37.5 Å². The number of halogens is 3. The first-order chi connectivity index (χ1) is 12.5. The van der Waals surface area contributed by atoms with Gasteiger partial charge in [-0.05, 0) is 50.0 Å². The minimum atomic E-state index is -4.35. The number of hydrogen-bond donors (Lipinski definition) is 1. The van der Waals surface area contributed by atoms with E-state index in [1.54, 1.807) is 13.3 Å². The predicted molar refractivity (Wildman–Crippen MR) is 96.3 cm³/mol. The third-order valence-corrected chi connectivity index (χ3v) is 4.97. The number of alkyl halides is 3. The van der Waals surface area contributed by atoms with Gasteiger partial charge in [0.1, 0.15) is 0 Å². The van der Waals surface area contributed by atoms with Crippen LogP contribution < -0.4 is 5.32 Å². The average molecular weight is 367 g/mol. The molecule has 2 aromatic rings. The Morgan fingerprint density at radius 2 is 2.00 bits per heavy atom. The summed E-state index contributed by atoms with van der Waals surface area (Å²) in [4.78, 5) is 6.49. The average Bonchev–Trinajstić information content (AvgIpc) is 2.64. The molecule has 3 rings (SSSR count). The van der Waals surface area contributed by atoms with Gasteiger partial charge in [-0.3, -0.25) is 4.98 Å². The monoisotopic (exact) mass is 367 g/mol. The van der Waals surface area contributed by atoms with Gasteiger partial charge in [-0.25, -0.2) is 0 Å². The largest absolute Gasteiger partial charge is 0.416 e. The van der Waals surface area contributed by atoms with Crippen LogP contribution in [0.15, 0.2) is 30.5 Å². The van der Waals surface area contributed by atoms with Crippen LogP contribution in [0.4, 0.5) is 18.9 Å². The van der Waals surface area contributed by atoms with Gasteiger partial charge in [0.25, 0.3) is 0 Å². The second-order valence-corrected chi connectivity index (χ2v) is 6.75. The van der Waals surface area contributed by atoms with E-state index in [9.17, 15) is 13.2 Å². The van der Waals surface area contributed by atoms with Crippen LogP contribution in [0.2, 0.25) is 0 Å². The summed E-state index contributed by atoms with van der Waals surface area (Å²) < 4.78 is 43.7. The summed E-state index contributed by atoms with van der Waals surface area (Å²) in [7, 11) is 1.72. The van der Waals surface area contributed by atoms with Crippen molar-refractivity contribution in [1.29, 1.82) is 0 Å². The lowest BCUT2D eigenvalue weighted by atomic mass is 9.96. The molecule has 0 saturated carbocycles. The maximum atomic E-state index is 12.9. The molecule has 1 saturated heterocycles. The smallest absolute Gasteiger partial charge is 0.384 e. The number of likely N-dealkylation sites (tertiary alicyclic amines) is 1. The van der Waals surface area contributed by atoms with Crippen LogP contribution in [-0.4, -0.2) is 49.8 Å². The van der Waals surface area contributed by atoms with Crippen molar-refractivity contribution >= 4 is 16.6 Å². The SMILES string of the molecule is COCCN1CCC(CNc2ccnc3cc(C(F)(F)F)ccc23)CC1. The first-order valence-electron chi connectivity index (χ1n) is 8.88. The van der Waals surface area contributed by atoms with E-state index in [1.165, 1.54) is 6.07 Å². The zero-order chi connectivity index (χ0) is 18.6. The van der Waals surface area contributed by atoms with Crippen molar-refractivity contribution in [2.75, 3.05) is 45.2 Å². The lowest BCUT2D eigenvalue weighted by molar-refractivity contribution is -0.137. The molecule has 0 amide bonds. The highest BCUT2D eigenvalue weighted by molar-refractivity contribution is 5.91. The Labute approximate surface area is 151 Å². The normalized spacial score (nSPS) is 16.9. The van der Waals surface area contributed by atoms with Gasteiger partial charge in [0.2, 0.25) is 0 Å². The zero-order valence-electron chi connectivity index (χ0n) is 14.9. The second kappa shape index (κ2) is 8.22. The lowest BCUT2D eigenvalue weighted by Gasteiger charge is -2.32. The van der Waals surface area contributed by atoms with E-state index in [-0.39, 0.29) is 0 Å². The fraction of sp³-hybridized carbons (Fsp3) is 0.526. The molecular weight excluding hydrogens is 343 g/mol. The summed E-state index contributed by atoms with van der Waals surface area (Å²) in [6.07, 6.45) is -0.579. The molecule has 1 aromatic heterocycles. The standard InChI is InChI=1S/C19H24F3N3O/c1-26-11-10-25-8-5-14(6-9-25)13-24-17-4-7-23-18-12-15(19(20,21)22)2-3-16(17)18/h2-4,7,12,14H,5-6,8-11,13H2,1H3,(H,23,24). The van der Waals surface area contributed by atoms with Crippen molar-refractivity contribution in [1.82, 2.24) is 9.88 Å². The van der Waals surface area contributed by atoms with Crippen LogP contribution in [0.1, 0.15) is 18.4 Å². The number of benzene rings is 1. The molecule has 142 valence electrons. The Hall–Kier alpha value is -1.86. The van der Waals surface area contributed by atoms with Crippen molar-refractivity contribution in [3.63, 3.8) is 0 Å². The van der Waals surface area contributed by atoms with E-state index in [0.29, 0.717) is 11.4 Å². The van der Waals surface area contributed by atoms with Gasteiger partial charge in [-0.15, -0.1) is 0 Å². The Morgan fingerprint density at radius 1 is 1.23 bits per heavy atom. The van der Waals surface area contributed by atoms with E-state index in [1.807, 2.05) is 6.07 Å². The molecule has 1 aliphatic heterocycles. The van der Waals surface area contributed by atoms with Crippen LogP contribution >= 0.6 is 0 Å². The van der Waals surface area contributed by atoms with Gasteiger partial charge in [0.15, 0.2) is 0 Å². The van der Waals surface area contributed by atoms with E-state index in [2.05, 4.69) is 15.2 Å². The fourth-order valence-electron chi connectivity index (χ4n) is 3.37. The van der Waals surface area contributed by atoms with Crippen molar-refractivity contribution in [3.05, 3.63) is 36.0 Å². The first kappa shape index (κ1) is 18.9. The summed E-state index contributed by atoms with van der Waals surface area (Å²) in [5.41, 5.74) is 0.530. The molecule has 0 spiro atoms. The summed E-state index contributed by atoms with van der Waals surface area (Å²) in [5.74, 6) is 0.562. The number of pyridine rings is 1. The Morgan fingerprint density at radius 3 is 2.69 bits per heavy atom. The van der Waals surface area contributed by atoms with Crippen molar-refractivity contribution in [3.8, 4) is 0 Å². The summed E-state index contributed by atoms with van der Waals surface area (Å²) in [6.45, 7) is 4.65. The highest BCUT2D eigenvalue weighted by Gasteiger charge is 2.30. The molecule has 2 heterocycles. The number of methoxy groups -OCH3 is 1. The van der Waals surface area contributed by atoms with E-state index in [4.69, 9.17) is 4.74 Å². The molecule has 7 heteroatoms. The number of aromatic nitrogens is 1. The molecule has 1 aromatic carbocycles. The van der Waals surface area contributed by atoms with Gasteiger partial charge in [0.05, 0.1) is 17.7 Å². The van der Waals surface area contributed by atoms with Crippen LogP contribution in [0.25, 0.3) is 10.9 Å². The number of fused-ring (bicyclic) bond motifs is 1. The van der Waals surface area contributed by atoms with Gasteiger partial charge in [-0.1, -0.05) is 6.07 Å². The number of piperidine rings is 1. The van der Waals surface area contributed by atoms with Gasteiger partial charge < -0.3 is 15.0 Å². The molecule has 1 N–H and O–H groups in total. The van der Waals surface area contributed by atoms with Gasteiger partial charge in [-0.2, -0.15) is 13.2 Å². The minimum absolute atomic E-state index is 0.360. The van der Waals surface area contributed by atoms with E-state index < -0.39 is 11.7 Å². The van der Waals surface area contributed by atoms with Crippen molar-refractivity contribution in [2.24, 2.45) is 5.92 Å². The number of rotatable bonds is 6. The topological polar surface area (TPSA) is 37.4 Å². The lowest BCUT2D eigenvalue weighted by Crippen LogP contribution is -2.37. The summed E-state index contributed by atoms with van der Waals surface area (Å²) in [5, 5.41) is 4.13. The van der Waals surface area contributed by atoms with Crippen LogP contribution in [0.5, 0.6) is 0 Å². The van der Waals surface area contributed by atoms with Crippen molar-refractivity contribution < 1.29 is 17.9 Å². The molecule has 0 atom stereocenters. The maximum Gasteiger partial charge on any atom is 0.416 e. The third-order valence-electron chi connectivity index (χ3n) is 4.97. The summed E-state index contributed by atoms with van der Waals surface area (Å²) in [6, 6.07) is 5.54. The molecule has 0 unspecified atom stereocenters. The van der Waals surface area contributed by atoms with E-state index >= 15 is 0 Å². The number of nitrogens with zero attached hydrogens (tertiary/aromatic N) is 2. The molecule has 0 aliphatic carbocycles. The van der Waals surface area contributed by atoms with Crippen LogP contribution in [0, 0.1) is 5.92 Å². The second-order valence-electron chi connectivity index (χ2n) is 6.75. The van der Waals surface area contributed by atoms with Gasteiger partial charge >= 0.3 is 6.18 Å². The number of ether oxygens (including phenoxy) is 1. The van der Waals surface area contributed by atoms with Crippen LogP contribution in [-0.2, 0) is 10.9 Å². The highest BCUT2D eigenvalue weighted by atomic mass is 19.4.